The van der Waals surface area contributed by atoms with Crippen LogP contribution in [0.5, 0.6) is 0 Å². The van der Waals surface area contributed by atoms with E-state index in [0.717, 1.165) is 0 Å². The summed E-state index contributed by atoms with van der Waals surface area (Å²) in [6.07, 6.45) is 3.84. The Labute approximate surface area is 89.0 Å². The Bertz CT molecular complexity index is 466. The van der Waals surface area contributed by atoms with Gasteiger partial charge in [-0.2, -0.15) is 9.83 Å². The average molecular weight is 195 g/mol. The molecule has 0 saturated carbocycles. The van der Waals surface area contributed by atoms with Crippen molar-refractivity contribution in [2.24, 2.45) is 0 Å². The van der Waals surface area contributed by atoms with Crippen molar-refractivity contribution in [1.82, 2.24) is 0 Å². The number of hydrogen-bond acceptors (Lipinski definition) is 1. The van der Waals surface area contributed by atoms with Gasteiger partial charge in [0.1, 0.15) is 6.07 Å². The third kappa shape index (κ3) is 2.21. The van der Waals surface area contributed by atoms with Gasteiger partial charge in [-0.3, -0.25) is 0 Å². The van der Waals surface area contributed by atoms with Crippen molar-refractivity contribution in [3.05, 3.63) is 54.9 Å². The first-order valence-corrected chi connectivity index (χ1v) is 4.81. The lowest BCUT2D eigenvalue weighted by Crippen LogP contribution is -2.31. The predicted octanol–water partition coefficient (Wildman–Crippen LogP) is 2.16. The Morgan fingerprint density at radius 2 is 1.53 bits per heavy atom. The molecule has 0 aliphatic heterocycles. The molecular weight excluding hydrogens is 184 g/mol. The van der Waals surface area contributed by atoms with Crippen LogP contribution >= 0.6 is 0 Å². The number of benzene rings is 1. The number of pyridine rings is 1. The van der Waals surface area contributed by atoms with Gasteiger partial charge in [0.15, 0.2) is 12.4 Å². The molecule has 2 heteroatoms. The summed E-state index contributed by atoms with van der Waals surface area (Å²) in [6, 6.07) is 16.3. The molecule has 1 aromatic carbocycles. The number of nitriles is 1. The molecule has 2 aromatic rings. The van der Waals surface area contributed by atoms with Gasteiger partial charge in [-0.25, -0.2) is 0 Å². The molecule has 0 spiro atoms. The van der Waals surface area contributed by atoms with Crippen LogP contribution in [-0.2, 0) is 6.54 Å². The number of rotatable bonds is 2. The topological polar surface area (TPSA) is 27.7 Å². The first kappa shape index (κ1) is 9.42. The van der Waals surface area contributed by atoms with Crippen LogP contribution in [0.1, 0.15) is 0 Å². The second kappa shape index (κ2) is 4.39. The lowest BCUT2D eigenvalue weighted by molar-refractivity contribution is -0.685. The first-order valence-electron chi connectivity index (χ1n) is 4.81. The van der Waals surface area contributed by atoms with Crippen LogP contribution in [0.25, 0.3) is 11.1 Å². The molecule has 0 saturated heterocycles. The molecule has 0 aliphatic rings. The summed E-state index contributed by atoms with van der Waals surface area (Å²) in [6.45, 7) is 0.398. The maximum atomic E-state index is 8.54. The fourth-order valence-electron chi connectivity index (χ4n) is 1.47. The van der Waals surface area contributed by atoms with Gasteiger partial charge in [0.05, 0.1) is 0 Å². The Kier molecular flexibility index (Phi) is 2.75. The average Bonchev–Trinajstić information content (AvgIpc) is 2.32. The molecule has 1 aromatic heterocycles. The summed E-state index contributed by atoms with van der Waals surface area (Å²) < 4.78 is 1.85. The van der Waals surface area contributed by atoms with E-state index in [-0.39, 0.29) is 0 Å². The van der Waals surface area contributed by atoms with Crippen LogP contribution in [0.3, 0.4) is 0 Å². The maximum Gasteiger partial charge on any atom is 0.233 e. The van der Waals surface area contributed by atoms with Crippen molar-refractivity contribution in [2.75, 3.05) is 0 Å². The molecule has 0 fully saturated rings. The zero-order valence-corrected chi connectivity index (χ0v) is 8.30. The van der Waals surface area contributed by atoms with Gasteiger partial charge >= 0.3 is 0 Å². The minimum Gasteiger partial charge on any atom is -0.191 e. The minimum absolute atomic E-state index is 0.398. The van der Waals surface area contributed by atoms with Crippen molar-refractivity contribution in [1.29, 1.82) is 5.26 Å². The summed E-state index contributed by atoms with van der Waals surface area (Å²) in [5.41, 5.74) is 2.37. The van der Waals surface area contributed by atoms with Crippen molar-refractivity contribution >= 4 is 0 Å². The quantitative estimate of drug-likeness (QED) is 0.675. The third-order valence-corrected chi connectivity index (χ3v) is 2.25. The summed E-state index contributed by atoms with van der Waals surface area (Å²) >= 11 is 0. The number of nitrogens with zero attached hydrogens (tertiary/aromatic N) is 2. The molecule has 0 unspecified atom stereocenters. The van der Waals surface area contributed by atoms with E-state index in [1.807, 2.05) is 47.3 Å². The van der Waals surface area contributed by atoms with E-state index in [4.69, 9.17) is 5.26 Å². The van der Waals surface area contributed by atoms with E-state index < -0.39 is 0 Å². The standard InChI is InChI=1S/C13H11N2/c14-8-11-15-9-6-13(7-10-15)12-4-2-1-3-5-12/h1-7,9-10H,11H2/q+1. The van der Waals surface area contributed by atoms with Gasteiger partial charge in [0, 0.05) is 12.1 Å². The van der Waals surface area contributed by atoms with Crippen molar-refractivity contribution in [2.45, 2.75) is 6.54 Å². The highest BCUT2D eigenvalue weighted by Gasteiger charge is 2.00. The fourth-order valence-corrected chi connectivity index (χ4v) is 1.47. The lowest BCUT2D eigenvalue weighted by atomic mass is 10.1. The highest BCUT2D eigenvalue weighted by molar-refractivity contribution is 5.61. The summed E-state index contributed by atoms with van der Waals surface area (Å²) in [4.78, 5) is 0. The van der Waals surface area contributed by atoms with Crippen LogP contribution in [0.2, 0.25) is 0 Å². The van der Waals surface area contributed by atoms with Gasteiger partial charge in [-0.05, 0) is 11.1 Å². The molecule has 0 bridgehead atoms. The van der Waals surface area contributed by atoms with Crippen LogP contribution in [0, 0.1) is 11.3 Å². The van der Waals surface area contributed by atoms with Crippen molar-refractivity contribution in [3.63, 3.8) is 0 Å². The monoisotopic (exact) mass is 195 g/mol. The normalized spacial score (nSPS) is 9.53. The highest BCUT2D eigenvalue weighted by atomic mass is 14.9. The summed E-state index contributed by atoms with van der Waals surface area (Å²) in [5.74, 6) is 0. The van der Waals surface area contributed by atoms with E-state index in [9.17, 15) is 0 Å². The summed E-state index contributed by atoms with van der Waals surface area (Å²) in [5, 5.41) is 8.54. The zero-order chi connectivity index (χ0) is 10.5. The number of aromatic nitrogens is 1. The van der Waals surface area contributed by atoms with E-state index in [1.54, 1.807) is 0 Å². The van der Waals surface area contributed by atoms with Gasteiger partial charge in [0.25, 0.3) is 0 Å². The van der Waals surface area contributed by atoms with E-state index in [0.29, 0.717) is 6.54 Å². The molecule has 0 radical (unpaired) electrons. The van der Waals surface area contributed by atoms with Crippen molar-refractivity contribution < 1.29 is 4.57 Å². The minimum atomic E-state index is 0.398. The Balaban J connectivity index is 2.29. The zero-order valence-electron chi connectivity index (χ0n) is 8.30. The van der Waals surface area contributed by atoms with Gasteiger partial charge in [-0.1, -0.05) is 30.3 Å². The van der Waals surface area contributed by atoms with Crippen molar-refractivity contribution in [3.8, 4) is 17.2 Å². The highest BCUT2D eigenvalue weighted by Crippen LogP contribution is 2.16. The van der Waals surface area contributed by atoms with Crippen LogP contribution < -0.4 is 4.57 Å². The first-order chi connectivity index (χ1) is 7.40. The molecule has 1 heterocycles. The molecule has 0 amide bonds. The van der Waals surface area contributed by atoms with E-state index in [2.05, 4.69) is 18.2 Å². The molecular formula is C13H11N2+. The smallest absolute Gasteiger partial charge is 0.191 e. The summed E-state index contributed by atoms with van der Waals surface area (Å²) in [7, 11) is 0. The number of hydrogen-bond donors (Lipinski definition) is 0. The van der Waals surface area contributed by atoms with Crippen LogP contribution in [0.4, 0.5) is 0 Å². The molecule has 0 atom stereocenters. The van der Waals surface area contributed by atoms with E-state index >= 15 is 0 Å². The second-order valence-electron chi connectivity index (χ2n) is 3.28. The van der Waals surface area contributed by atoms with E-state index in [1.165, 1.54) is 11.1 Å². The third-order valence-electron chi connectivity index (χ3n) is 2.25. The molecule has 72 valence electrons. The Morgan fingerprint density at radius 3 is 2.13 bits per heavy atom. The second-order valence-corrected chi connectivity index (χ2v) is 3.28. The maximum absolute atomic E-state index is 8.54. The van der Waals surface area contributed by atoms with Gasteiger partial charge in [-0.15, -0.1) is 0 Å². The molecule has 0 N–H and O–H groups in total. The lowest BCUT2D eigenvalue weighted by Gasteiger charge is -1.98. The van der Waals surface area contributed by atoms with Crippen LogP contribution in [-0.4, -0.2) is 0 Å². The Hall–Kier alpha value is -2.14. The largest absolute Gasteiger partial charge is 0.233 e. The molecule has 0 aliphatic carbocycles. The fraction of sp³-hybridized carbons (Fsp3) is 0.0769. The van der Waals surface area contributed by atoms with Crippen LogP contribution in [0.15, 0.2) is 54.9 Å². The molecule has 15 heavy (non-hydrogen) atoms. The Morgan fingerprint density at radius 1 is 0.933 bits per heavy atom. The van der Waals surface area contributed by atoms with Gasteiger partial charge < -0.3 is 0 Å². The molecule has 2 rings (SSSR count). The SMILES string of the molecule is N#CC[n+]1ccc(-c2ccccc2)cc1. The molecule has 2 nitrogen and oxygen atoms in total. The van der Waals surface area contributed by atoms with Gasteiger partial charge in [0.2, 0.25) is 6.54 Å². The predicted molar refractivity (Wildman–Crippen MR) is 57.7 cm³/mol.